The minimum absolute atomic E-state index is 0.113. The van der Waals surface area contributed by atoms with Gasteiger partial charge >= 0.3 is 0 Å². The highest BCUT2D eigenvalue weighted by Crippen LogP contribution is 2.30. The Labute approximate surface area is 112 Å². The van der Waals surface area contributed by atoms with Crippen molar-refractivity contribution < 1.29 is 9.50 Å². The SMILES string of the molecule is CCC(Nc1ccc(C)cc1F)c1ccccc1O. The maximum absolute atomic E-state index is 13.8. The highest BCUT2D eigenvalue weighted by atomic mass is 19.1. The summed E-state index contributed by atoms with van der Waals surface area (Å²) in [5, 5.41) is 13.0. The highest BCUT2D eigenvalue weighted by molar-refractivity contribution is 5.49. The summed E-state index contributed by atoms with van der Waals surface area (Å²) in [4.78, 5) is 0. The normalized spacial score (nSPS) is 12.2. The number of rotatable bonds is 4. The van der Waals surface area contributed by atoms with Gasteiger partial charge in [0.05, 0.1) is 11.7 Å². The van der Waals surface area contributed by atoms with Crippen molar-refractivity contribution in [3.8, 4) is 5.75 Å². The minimum Gasteiger partial charge on any atom is -0.508 e. The third-order valence-corrected chi connectivity index (χ3v) is 3.17. The van der Waals surface area contributed by atoms with E-state index in [1.165, 1.54) is 6.07 Å². The van der Waals surface area contributed by atoms with E-state index in [1.807, 2.05) is 32.0 Å². The molecule has 2 aromatic rings. The molecule has 0 aromatic heterocycles. The van der Waals surface area contributed by atoms with Gasteiger partial charge in [-0.15, -0.1) is 0 Å². The molecule has 0 saturated carbocycles. The van der Waals surface area contributed by atoms with Crippen LogP contribution in [0.1, 0.15) is 30.5 Å². The summed E-state index contributed by atoms with van der Waals surface area (Å²) in [6.45, 7) is 3.85. The molecule has 0 aliphatic carbocycles. The van der Waals surface area contributed by atoms with Gasteiger partial charge in [-0.25, -0.2) is 4.39 Å². The summed E-state index contributed by atoms with van der Waals surface area (Å²) in [7, 11) is 0. The zero-order valence-electron chi connectivity index (χ0n) is 11.2. The topological polar surface area (TPSA) is 32.3 Å². The number of benzene rings is 2. The molecule has 0 fully saturated rings. The van der Waals surface area contributed by atoms with Crippen molar-refractivity contribution in [1.82, 2.24) is 0 Å². The van der Waals surface area contributed by atoms with Gasteiger partial charge < -0.3 is 10.4 Å². The summed E-state index contributed by atoms with van der Waals surface area (Å²) < 4.78 is 13.8. The Bertz CT molecular complexity index is 568. The van der Waals surface area contributed by atoms with Crippen molar-refractivity contribution in [1.29, 1.82) is 0 Å². The number of nitrogens with one attached hydrogen (secondary N) is 1. The van der Waals surface area contributed by atoms with Crippen LogP contribution in [0.15, 0.2) is 42.5 Å². The van der Waals surface area contributed by atoms with Gasteiger partial charge in [-0.05, 0) is 37.1 Å². The molecule has 0 radical (unpaired) electrons. The Kier molecular flexibility index (Phi) is 4.05. The zero-order valence-corrected chi connectivity index (χ0v) is 11.2. The van der Waals surface area contributed by atoms with Crippen LogP contribution >= 0.6 is 0 Å². The van der Waals surface area contributed by atoms with Crippen LogP contribution < -0.4 is 5.32 Å². The number of aryl methyl sites for hydroxylation is 1. The fraction of sp³-hybridized carbons (Fsp3) is 0.250. The van der Waals surface area contributed by atoms with Gasteiger partial charge in [0.1, 0.15) is 11.6 Å². The molecule has 2 N–H and O–H groups in total. The van der Waals surface area contributed by atoms with E-state index in [0.717, 1.165) is 17.5 Å². The van der Waals surface area contributed by atoms with Crippen LogP contribution in [-0.4, -0.2) is 5.11 Å². The molecule has 100 valence electrons. The second kappa shape index (κ2) is 5.74. The van der Waals surface area contributed by atoms with Gasteiger partial charge in [0.25, 0.3) is 0 Å². The van der Waals surface area contributed by atoms with Crippen molar-refractivity contribution in [2.24, 2.45) is 0 Å². The molecule has 2 rings (SSSR count). The number of hydrogen-bond acceptors (Lipinski definition) is 2. The maximum atomic E-state index is 13.8. The first-order valence-electron chi connectivity index (χ1n) is 6.42. The Morgan fingerprint density at radius 1 is 1.21 bits per heavy atom. The lowest BCUT2D eigenvalue weighted by atomic mass is 10.0. The lowest BCUT2D eigenvalue weighted by Gasteiger charge is -2.20. The number of halogens is 1. The van der Waals surface area contributed by atoms with Crippen molar-refractivity contribution in [3.63, 3.8) is 0 Å². The molecule has 0 amide bonds. The molecule has 1 unspecified atom stereocenters. The molecular formula is C16H18FNO. The number of phenolic OH excluding ortho intramolecular Hbond substituents is 1. The summed E-state index contributed by atoms with van der Waals surface area (Å²) in [6, 6.07) is 12.1. The summed E-state index contributed by atoms with van der Waals surface area (Å²) >= 11 is 0. The average molecular weight is 259 g/mol. The van der Waals surface area contributed by atoms with E-state index in [1.54, 1.807) is 18.2 Å². The number of para-hydroxylation sites is 1. The average Bonchev–Trinajstić information content (AvgIpc) is 2.39. The fourth-order valence-electron chi connectivity index (χ4n) is 2.11. The van der Waals surface area contributed by atoms with Crippen molar-refractivity contribution >= 4 is 5.69 Å². The van der Waals surface area contributed by atoms with E-state index in [-0.39, 0.29) is 17.6 Å². The first-order valence-corrected chi connectivity index (χ1v) is 6.42. The second-order valence-electron chi connectivity index (χ2n) is 4.65. The Balaban J connectivity index is 2.27. The van der Waals surface area contributed by atoms with Crippen LogP contribution in [0.5, 0.6) is 5.75 Å². The van der Waals surface area contributed by atoms with Gasteiger partial charge in [-0.3, -0.25) is 0 Å². The van der Waals surface area contributed by atoms with Crippen LogP contribution in [0.2, 0.25) is 0 Å². The molecule has 0 heterocycles. The van der Waals surface area contributed by atoms with Gasteiger partial charge in [0, 0.05) is 5.56 Å². The van der Waals surface area contributed by atoms with Crippen molar-refractivity contribution in [2.75, 3.05) is 5.32 Å². The van der Waals surface area contributed by atoms with Crippen LogP contribution in [-0.2, 0) is 0 Å². The molecular weight excluding hydrogens is 241 g/mol. The summed E-state index contributed by atoms with van der Waals surface area (Å²) in [5.41, 5.74) is 2.13. The fourth-order valence-corrected chi connectivity index (χ4v) is 2.11. The van der Waals surface area contributed by atoms with Crippen molar-refractivity contribution in [3.05, 3.63) is 59.4 Å². The Hall–Kier alpha value is -2.03. The monoisotopic (exact) mass is 259 g/mol. The number of aromatic hydroxyl groups is 1. The van der Waals surface area contributed by atoms with E-state index in [4.69, 9.17) is 0 Å². The number of hydrogen-bond donors (Lipinski definition) is 2. The Morgan fingerprint density at radius 3 is 2.58 bits per heavy atom. The third-order valence-electron chi connectivity index (χ3n) is 3.17. The molecule has 1 atom stereocenters. The molecule has 0 aliphatic heterocycles. The molecule has 3 heteroatoms. The quantitative estimate of drug-likeness (QED) is 0.852. The molecule has 2 nitrogen and oxygen atoms in total. The molecule has 19 heavy (non-hydrogen) atoms. The first-order chi connectivity index (χ1) is 9.11. The minimum atomic E-state index is -0.270. The van der Waals surface area contributed by atoms with E-state index in [9.17, 15) is 9.50 Å². The van der Waals surface area contributed by atoms with E-state index in [2.05, 4.69) is 5.32 Å². The largest absolute Gasteiger partial charge is 0.508 e. The molecule has 0 aliphatic rings. The molecule has 0 saturated heterocycles. The van der Waals surface area contributed by atoms with Gasteiger partial charge in [0.2, 0.25) is 0 Å². The predicted octanol–water partition coefficient (Wildman–Crippen LogP) is 4.40. The standard InChI is InChI=1S/C16H18FNO/c1-3-14(12-6-4-5-7-16(12)19)18-15-9-8-11(2)10-13(15)17/h4-10,14,18-19H,3H2,1-2H3. The highest BCUT2D eigenvalue weighted by Gasteiger charge is 2.14. The van der Waals surface area contributed by atoms with Crippen LogP contribution in [0, 0.1) is 12.7 Å². The van der Waals surface area contributed by atoms with Gasteiger partial charge in [-0.2, -0.15) is 0 Å². The molecule has 0 spiro atoms. The number of anilines is 1. The lowest BCUT2D eigenvalue weighted by Crippen LogP contribution is -2.11. The second-order valence-corrected chi connectivity index (χ2v) is 4.65. The number of phenols is 1. The molecule has 2 aromatic carbocycles. The lowest BCUT2D eigenvalue weighted by molar-refractivity contribution is 0.462. The van der Waals surface area contributed by atoms with Gasteiger partial charge in [-0.1, -0.05) is 31.2 Å². The van der Waals surface area contributed by atoms with Crippen LogP contribution in [0.4, 0.5) is 10.1 Å². The summed E-state index contributed by atoms with van der Waals surface area (Å²) in [6.07, 6.45) is 0.755. The van der Waals surface area contributed by atoms with Gasteiger partial charge in [0.15, 0.2) is 0 Å². The van der Waals surface area contributed by atoms with Crippen LogP contribution in [0.25, 0.3) is 0 Å². The smallest absolute Gasteiger partial charge is 0.146 e. The Morgan fingerprint density at radius 2 is 1.95 bits per heavy atom. The van der Waals surface area contributed by atoms with Crippen molar-refractivity contribution in [2.45, 2.75) is 26.3 Å². The molecule has 0 bridgehead atoms. The first kappa shape index (κ1) is 13.4. The third kappa shape index (κ3) is 3.05. The van der Waals surface area contributed by atoms with E-state index in [0.29, 0.717) is 5.69 Å². The predicted molar refractivity (Wildman–Crippen MR) is 75.9 cm³/mol. The van der Waals surface area contributed by atoms with E-state index >= 15 is 0 Å². The van der Waals surface area contributed by atoms with E-state index < -0.39 is 0 Å². The zero-order chi connectivity index (χ0) is 13.8. The van der Waals surface area contributed by atoms with Crippen LogP contribution in [0.3, 0.4) is 0 Å². The maximum Gasteiger partial charge on any atom is 0.146 e. The summed E-state index contributed by atoms with van der Waals surface area (Å²) in [5.74, 6) is -0.0387.